The maximum absolute atomic E-state index is 11.9. The van der Waals surface area contributed by atoms with Crippen molar-refractivity contribution >= 4 is 42.6 Å². The fourth-order valence-electron chi connectivity index (χ4n) is 1.44. The predicted molar refractivity (Wildman–Crippen MR) is 97.4 cm³/mol. The van der Waals surface area contributed by atoms with E-state index in [1.54, 1.807) is 19.1 Å². The van der Waals surface area contributed by atoms with E-state index < -0.39 is 8.32 Å². The Morgan fingerprint density at radius 1 is 1.33 bits per heavy atom. The van der Waals surface area contributed by atoms with Crippen LogP contribution >= 0.6 is 22.6 Å². The smallest absolute Gasteiger partial charge is 0.338 e. The first-order valence-corrected chi connectivity index (χ1v) is 10.9. The molecular weight excluding hydrogens is 397 g/mol. The quantitative estimate of drug-likeness (QED) is 0.338. The molecule has 0 aliphatic carbocycles. The summed E-state index contributed by atoms with van der Waals surface area (Å²) in [5.74, 6) is 0.229. The first kappa shape index (κ1) is 18.3. The van der Waals surface area contributed by atoms with Gasteiger partial charge in [-0.25, -0.2) is 4.79 Å². The van der Waals surface area contributed by atoms with E-state index >= 15 is 0 Å². The van der Waals surface area contributed by atoms with E-state index in [2.05, 4.69) is 56.5 Å². The lowest BCUT2D eigenvalue weighted by molar-refractivity contribution is 0.0526. The summed E-state index contributed by atoms with van der Waals surface area (Å²) in [4.78, 5) is 11.9. The number of nitrogen functional groups attached to an aromatic ring is 1. The van der Waals surface area contributed by atoms with Crippen LogP contribution in [0.15, 0.2) is 12.1 Å². The average molecular weight is 421 g/mol. The van der Waals surface area contributed by atoms with Gasteiger partial charge in [0.15, 0.2) is 0 Å². The molecule has 0 unspecified atom stereocenters. The molecule has 21 heavy (non-hydrogen) atoms. The molecule has 0 fully saturated rings. The first-order valence-electron chi connectivity index (χ1n) is 6.94. The number of hydrogen-bond donors (Lipinski definition) is 1. The number of esters is 1. The minimum Gasteiger partial charge on any atom is -0.542 e. The van der Waals surface area contributed by atoms with Crippen molar-refractivity contribution < 1.29 is 14.0 Å². The Kier molecular flexibility index (Phi) is 5.71. The maximum Gasteiger partial charge on any atom is 0.338 e. The Hall–Kier alpha value is -0.763. The summed E-state index contributed by atoms with van der Waals surface area (Å²) in [6, 6.07) is 3.42. The van der Waals surface area contributed by atoms with Crippen molar-refractivity contribution in [3.63, 3.8) is 0 Å². The van der Waals surface area contributed by atoms with Crippen LogP contribution in [0.2, 0.25) is 18.1 Å². The number of ether oxygens (including phenoxy) is 1. The van der Waals surface area contributed by atoms with Gasteiger partial charge in [-0.15, -0.1) is 0 Å². The van der Waals surface area contributed by atoms with Crippen molar-refractivity contribution in [2.75, 3.05) is 12.3 Å². The Morgan fingerprint density at radius 2 is 1.90 bits per heavy atom. The number of hydrogen-bond acceptors (Lipinski definition) is 4. The molecule has 0 amide bonds. The molecule has 1 aromatic carbocycles. The second kappa shape index (κ2) is 6.56. The lowest BCUT2D eigenvalue weighted by atomic mass is 10.2. The number of rotatable bonds is 4. The fraction of sp³-hybridized carbons (Fsp3) is 0.533. The van der Waals surface area contributed by atoms with E-state index in [0.717, 1.165) is 3.57 Å². The van der Waals surface area contributed by atoms with Crippen molar-refractivity contribution in [1.29, 1.82) is 0 Å². The number of carbonyl (C=O) groups excluding carboxylic acids is 1. The molecular formula is C15H24INO3Si. The monoisotopic (exact) mass is 421 g/mol. The van der Waals surface area contributed by atoms with E-state index in [-0.39, 0.29) is 11.0 Å². The fourth-order valence-corrected chi connectivity index (χ4v) is 3.06. The molecule has 0 spiro atoms. The van der Waals surface area contributed by atoms with Crippen molar-refractivity contribution in [3.8, 4) is 5.75 Å². The van der Waals surface area contributed by atoms with Gasteiger partial charge >= 0.3 is 5.97 Å². The van der Waals surface area contributed by atoms with E-state index in [1.807, 2.05) is 0 Å². The lowest BCUT2D eigenvalue weighted by Gasteiger charge is -2.37. The molecule has 0 saturated heterocycles. The van der Waals surface area contributed by atoms with Gasteiger partial charge in [0, 0.05) is 3.57 Å². The SMILES string of the molecule is CCOC(=O)c1cc(I)c(N)c(O[Si](C)(C)C(C)(C)C)c1. The number of anilines is 1. The second-order valence-corrected chi connectivity index (χ2v) is 12.3. The summed E-state index contributed by atoms with van der Waals surface area (Å²) in [6.45, 7) is 12.9. The van der Waals surface area contributed by atoms with Crippen LogP contribution in [0.5, 0.6) is 5.75 Å². The Labute approximate surface area is 141 Å². The predicted octanol–water partition coefficient (Wildman–Crippen LogP) is 4.43. The average Bonchev–Trinajstić information content (AvgIpc) is 2.33. The van der Waals surface area contributed by atoms with Gasteiger partial charge in [-0.2, -0.15) is 0 Å². The molecule has 0 radical (unpaired) electrons. The lowest BCUT2D eigenvalue weighted by Crippen LogP contribution is -2.44. The van der Waals surface area contributed by atoms with E-state index in [0.29, 0.717) is 23.6 Å². The molecule has 1 aromatic rings. The van der Waals surface area contributed by atoms with Crippen LogP contribution in [-0.2, 0) is 4.74 Å². The molecule has 1 rings (SSSR count). The van der Waals surface area contributed by atoms with Crippen molar-refractivity contribution in [2.24, 2.45) is 0 Å². The number of halogens is 1. The Morgan fingerprint density at radius 3 is 2.38 bits per heavy atom. The minimum absolute atomic E-state index is 0.0603. The van der Waals surface area contributed by atoms with Gasteiger partial charge in [-0.1, -0.05) is 20.8 Å². The van der Waals surface area contributed by atoms with E-state index in [4.69, 9.17) is 14.9 Å². The molecule has 4 nitrogen and oxygen atoms in total. The number of carbonyl (C=O) groups is 1. The maximum atomic E-state index is 11.9. The highest BCUT2D eigenvalue weighted by Gasteiger charge is 2.39. The summed E-state index contributed by atoms with van der Waals surface area (Å²) < 4.78 is 12.1. The third kappa shape index (κ3) is 4.35. The third-order valence-corrected chi connectivity index (χ3v) is 9.01. The van der Waals surface area contributed by atoms with Crippen LogP contribution in [0.4, 0.5) is 5.69 Å². The highest BCUT2D eigenvalue weighted by Crippen LogP contribution is 2.40. The van der Waals surface area contributed by atoms with Crippen LogP contribution in [0.1, 0.15) is 38.1 Å². The topological polar surface area (TPSA) is 61.5 Å². The summed E-state index contributed by atoms with van der Waals surface area (Å²) in [6.07, 6.45) is 0. The highest BCUT2D eigenvalue weighted by atomic mass is 127. The van der Waals surface area contributed by atoms with E-state index in [1.165, 1.54) is 0 Å². The molecule has 6 heteroatoms. The Balaban J connectivity index is 3.21. The van der Waals surface area contributed by atoms with Crippen LogP contribution in [0.25, 0.3) is 0 Å². The second-order valence-electron chi connectivity index (χ2n) is 6.45. The van der Waals surface area contributed by atoms with Crippen molar-refractivity contribution in [3.05, 3.63) is 21.3 Å². The molecule has 118 valence electrons. The van der Waals surface area contributed by atoms with Crippen LogP contribution in [-0.4, -0.2) is 20.9 Å². The molecule has 0 heterocycles. The summed E-state index contributed by atoms with van der Waals surface area (Å²) in [7, 11) is -2.01. The van der Waals surface area contributed by atoms with Crippen LogP contribution < -0.4 is 10.2 Å². The van der Waals surface area contributed by atoms with Crippen molar-refractivity contribution in [1.82, 2.24) is 0 Å². The largest absolute Gasteiger partial charge is 0.542 e. The van der Waals surface area contributed by atoms with Gasteiger partial charge in [0.05, 0.1) is 17.9 Å². The number of nitrogens with two attached hydrogens (primary N) is 1. The molecule has 0 bridgehead atoms. The van der Waals surface area contributed by atoms with Gasteiger partial charge in [-0.05, 0) is 59.8 Å². The molecule has 0 atom stereocenters. The zero-order chi connectivity index (χ0) is 16.4. The number of benzene rings is 1. The third-order valence-electron chi connectivity index (χ3n) is 3.77. The molecule has 0 aliphatic heterocycles. The molecule has 0 saturated carbocycles. The minimum atomic E-state index is -2.01. The summed E-state index contributed by atoms with van der Waals surface area (Å²) in [5.41, 5.74) is 7.17. The van der Waals surface area contributed by atoms with Gasteiger partial charge in [0.2, 0.25) is 0 Å². The van der Waals surface area contributed by atoms with E-state index in [9.17, 15) is 4.79 Å². The summed E-state index contributed by atoms with van der Waals surface area (Å²) >= 11 is 2.11. The molecule has 0 aromatic heterocycles. The molecule has 2 N–H and O–H groups in total. The zero-order valence-electron chi connectivity index (χ0n) is 13.5. The zero-order valence-corrected chi connectivity index (χ0v) is 16.7. The van der Waals surface area contributed by atoms with Gasteiger partial charge < -0.3 is 14.9 Å². The van der Waals surface area contributed by atoms with Gasteiger partial charge in [-0.3, -0.25) is 0 Å². The standard InChI is InChI=1S/C15H24INO3Si/c1-7-19-14(18)10-8-11(16)13(17)12(9-10)20-21(5,6)15(2,3)4/h8-9H,7,17H2,1-6H3. The van der Waals surface area contributed by atoms with Crippen LogP contribution in [0.3, 0.4) is 0 Å². The first-order chi connectivity index (χ1) is 9.49. The molecule has 0 aliphatic rings. The Bertz CT molecular complexity index is 538. The normalized spacial score (nSPS) is 12.1. The van der Waals surface area contributed by atoms with Gasteiger partial charge in [0.1, 0.15) is 5.75 Å². The van der Waals surface area contributed by atoms with Gasteiger partial charge in [0.25, 0.3) is 8.32 Å². The van der Waals surface area contributed by atoms with Crippen molar-refractivity contribution in [2.45, 2.75) is 45.8 Å². The van der Waals surface area contributed by atoms with Crippen LogP contribution in [0, 0.1) is 3.57 Å². The summed E-state index contributed by atoms with van der Waals surface area (Å²) in [5, 5.41) is 0.0603. The highest BCUT2D eigenvalue weighted by molar-refractivity contribution is 14.1.